The van der Waals surface area contributed by atoms with Crippen molar-refractivity contribution in [1.82, 2.24) is 20.5 Å². The summed E-state index contributed by atoms with van der Waals surface area (Å²) in [5, 5.41) is 23.4. The third-order valence-corrected chi connectivity index (χ3v) is 12.7. The number of nitrogens with one attached hydrogen (secondary N) is 3. The van der Waals surface area contributed by atoms with Gasteiger partial charge in [-0.25, -0.2) is 13.4 Å². The molecular weight excluding hydrogens is 623 g/mol. The molecule has 46 heavy (non-hydrogen) atoms. The molecule has 1 aromatic carbocycles. The van der Waals surface area contributed by atoms with Crippen LogP contribution in [0.4, 0.5) is 5.13 Å². The first kappa shape index (κ1) is 36.3. The number of β-amino-alcohol motifs (C(OH)–C–C–N with tert-alkyl or cyclic N) is 1. The van der Waals surface area contributed by atoms with E-state index in [0.29, 0.717) is 29.9 Å². The number of aliphatic hydroxyl groups excluding tert-OH is 1. The van der Waals surface area contributed by atoms with Crippen molar-refractivity contribution in [1.29, 1.82) is 0 Å². The predicted octanol–water partition coefficient (Wildman–Crippen LogP) is 3.94. The van der Waals surface area contributed by atoms with Gasteiger partial charge in [-0.15, -0.1) is 11.3 Å². The molecule has 4 rings (SSSR count). The Balaban J connectivity index is 1.62. The van der Waals surface area contributed by atoms with Crippen molar-refractivity contribution >= 4 is 38.1 Å². The van der Waals surface area contributed by atoms with Gasteiger partial charge in [-0.2, -0.15) is 0 Å². The van der Waals surface area contributed by atoms with Crippen LogP contribution in [0.1, 0.15) is 78.0 Å². The van der Waals surface area contributed by atoms with Gasteiger partial charge in [0.1, 0.15) is 6.04 Å². The topological polar surface area (TPSA) is 141 Å². The lowest BCUT2D eigenvalue weighted by atomic mass is 9.72. The predicted molar refractivity (Wildman–Crippen MR) is 185 cm³/mol. The lowest BCUT2D eigenvalue weighted by Gasteiger charge is -2.47. The van der Waals surface area contributed by atoms with Gasteiger partial charge >= 0.3 is 0 Å². The van der Waals surface area contributed by atoms with Gasteiger partial charge in [-0.3, -0.25) is 14.5 Å². The van der Waals surface area contributed by atoms with Crippen LogP contribution in [-0.2, 0) is 25.8 Å². The minimum atomic E-state index is -3.70. The molecule has 1 saturated carbocycles. The first-order chi connectivity index (χ1) is 21.4. The summed E-state index contributed by atoms with van der Waals surface area (Å²) < 4.78 is 24.4. The molecule has 2 aliphatic rings. The van der Waals surface area contributed by atoms with Crippen LogP contribution < -0.4 is 16.0 Å². The van der Waals surface area contributed by atoms with E-state index in [1.54, 1.807) is 0 Å². The number of aliphatic hydroxyl groups is 1. The van der Waals surface area contributed by atoms with Gasteiger partial charge < -0.3 is 21.1 Å². The lowest BCUT2D eigenvalue weighted by Crippen LogP contribution is -2.62. The third-order valence-electron chi connectivity index (χ3n) is 9.62. The number of fused-ring (bicyclic) bond motifs is 1. The number of sulfone groups is 1. The molecule has 1 aromatic heterocycles. The van der Waals surface area contributed by atoms with Crippen LogP contribution in [0.3, 0.4) is 0 Å². The minimum Gasteiger partial charge on any atom is -0.390 e. The van der Waals surface area contributed by atoms with Crippen molar-refractivity contribution in [2.45, 2.75) is 115 Å². The molecule has 1 aliphatic carbocycles. The lowest BCUT2D eigenvalue weighted by molar-refractivity contribution is -0.133. The van der Waals surface area contributed by atoms with E-state index in [9.17, 15) is 23.1 Å². The number of hydrogen-bond acceptors (Lipinski definition) is 9. The Morgan fingerprint density at radius 1 is 1.09 bits per heavy atom. The summed E-state index contributed by atoms with van der Waals surface area (Å²) in [6.45, 7) is 11.7. The van der Waals surface area contributed by atoms with Gasteiger partial charge in [0.05, 0.1) is 28.6 Å². The number of aryl methyl sites for hydroxylation is 1. The van der Waals surface area contributed by atoms with E-state index < -0.39 is 38.7 Å². The SMILES string of the molecule is Cc1csc(N[C@H](C(=O)NC(Cc2ccccc2)C(O)CN2C[C@H]3CCCC[C@H]3CC2C(=O)NC(C)(C)C)C(C)(C)S(C)(=O)=O)n1. The van der Waals surface area contributed by atoms with Gasteiger partial charge in [-0.1, -0.05) is 49.6 Å². The molecular formula is C34H53N5O5S2. The number of amides is 2. The van der Waals surface area contributed by atoms with Gasteiger partial charge in [0.2, 0.25) is 11.8 Å². The Morgan fingerprint density at radius 2 is 1.74 bits per heavy atom. The van der Waals surface area contributed by atoms with Crippen LogP contribution in [0, 0.1) is 18.8 Å². The summed E-state index contributed by atoms with van der Waals surface area (Å²) in [6, 6.07) is 7.29. The van der Waals surface area contributed by atoms with Crippen molar-refractivity contribution in [2.24, 2.45) is 11.8 Å². The summed E-state index contributed by atoms with van der Waals surface area (Å²) in [6.07, 6.45) is 5.75. The van der Waals surface area contributed by atoms with E-state index in [0.717, 1.165) is 36.8 Å². The number of thiazole rings is 1. The summed E-state index contributed by atoms with van der Waals surface area (Å²) in [4.78, 5) is 34.2. The summed E-state index contributed by atoms with van der Waals surface area (Å²) >= 11 is 1.30. The highest BCUT2D eigenvalue weighted by atomic mass is 32.2. The fourth-order valence-electron chi connectivity index (χ4n) is 6.72. The number of benzene rings is 1. The Labute approximate surface area is 279 Å². The molecule has 0 spiro atoms. The highest BCUT2D eigenvalue weighted by Crippen LogP contribution is 2.39. The van der Waals surface area contributed by atoms with Crippen LogP contribution in [-0.4, -0.2) is 89.1 Å². The molecule has 12 heteroatoms. The Hall–Kier alpha value is -2.54. The number of rotatable bonds is 12. The maximum atomic E-state index is 14.1. The maximum Gasteiger partial charge on any atom is 0.244 e. The molecule has 3 unspecified atom stereocenters. The van der Waals surface area contributed by atoms with E-state index in [2.05, 4.69) is 25.8 Å². The van der Waals surface area contributed by atoms with E-state index in [1.807, 2.05) is 63.4 Å². The van der Waals surface area contributed by atoms with Crippen LogP contribution in [0.5, 0.6) is 0 Å². The van der Waals surface area contributed by atoms with Crippen molar-refractivity contribution in [3.63, 3.8) is 0 Å². The highest BCUT2D eigenvalue weighted by molar-refractivity contribution is 7.92. The minimum absolute atomic E-state index is 0.0368. The van der Waals surface area contributed by atoms with E-state index in [-0.39, 0.29) is 24.0 Å². The number of piperidine rings is 1. The Kier molecular flexibility index (Phi) is 11.6. The van der Waals surface area contributed by atoms with Gasteiger partial charge in [0, 0.05) is 30.3 Å². The van der Waals surface area contributed by atoms with Gasteiger partial charge in [0.25, 0.3) is 0 Å². The molecule has 4 N–H and O–H groups in total. The largest absolute Gasteiger partial charge is 0.390 e. The van der Waals surface area contributed by atoms with Crippen LogP contribution >= 0.6 is 11.3 Å². The average Bonchev–Trinajstić information content (AvgIpc) is 3.38. The van der Waals surface area contributed by atoms with E-state index in [1.165, 1.54) is 38.0 Å². The molecule has 2 fully saturated rings. The van der Waals surface area contributed by atoms with Crippen LogP contribution in [0.2, 0.25) is 0 Å². The number of aromatic nitrogens is 1. The van der Waals surface area contributed by atoms with Crippen LogP contribution in [0.15, 0.2) is 35.7 Å². The fraction of sp³-hybridized carbons (Fsp3) is 0.676. The van der Waals surface area contributed by atoms with Crippen molar-refractivity contribution in [3.8, 4) is 0 Å². The zero-order valence-electron chi connectivity index (χ0n) is 28.4. The Morgan fingerprint density at radius 3 is 2.33 bits per heavy atom. The maximum absolute atomic E-state index is 14.1. The zero-order valence-corrected chi connectivity index (χ0v) is 30.0. The monoisotopic (exact) mass is 675 g/mol. The summed E-state index contributed by atoms with van der Waals surface area (Å²) in [5.41, 5.74) is 1.29. The van der Waals surface area contributed by atoms with E-state index >= 15 is 0 Å². The second kappa shape index (κ2) is 14.7. The number of anilines is 1. The quantitative estimate of drug-likeness (QED) is 0.265. The number of carbonyl (C=O) groups is 2. The molecule has 0 bridgehead atoms. The van der Waals surface area contributed by atoms with Gasteiger partial charge in [0.15, 0.2) is 15.0 Å². The smallest absolute Gasteiger partial charge is 0.244 e. The number of nitrogens with zero attached hydrogens (tertiary/aromatic N) is 2. The zero-order chi connectivity index (χ0) is 33.9. The normalized spacial score (nSPS) is 23.1. The second-order valence-electron chi connectivity index (χ2n) is 14.9. The molecule has 6 atom stereocenters. The number of hydrogen-bond donors (Lipinski definition) is 4. The molecule has 0 radical (unpaired) electrons. The van der Waals surface area contributed by atoms with Crippen LogP contribution in [0.25, 0.3) is 0 Å². The van der Waals surface area contributed by atoms with Crippen molar-refractivity contribution in [3.05, 3.63) is 47.0 Å². The molecule has 10 nitrogen and oxygen atoms in total. The number of likely N-dealkylation sites (tertiary alicyclic amines) is 1. The van der Waals surface area contributed by atoms with Crippen molar-refractivity contribution in [2.75, 3.05) is 24.7 Å². The molecule has 1 aliphatic heterocycles. The first-order valence-corrected chi connectivity index (χ1v) is 19.2. The third kappa shape index (κ3) is 9.29. The fourth-order valence-corrected chi connectivity index (χ4v) is 8.04. The molecule has 2 heterocycles. The van der Waals surface area contributed by atoms with Crippen molar-refractivity contribution < 1.29 is 23.1 Å². The standard InChI is InChI=1S/C34H53N5O5S2/c1-22-21-45-32(35-22)37-29(34(5,6)46(7,43)44)31(42)36-26(17-23-13-9-8-10-14-23)28(40)20-39-19-25-16-12-11-15-24(25)18-27(39)30(41)38-33(2,3)4/h8-10,13-14,21,24-29,40H,11-12,15-20H2,1-7H3,(H,35,37)(H,36,42)(H,38,41)/t24-,25+,26?,27?,28?,29+/m0/s1. The molecule has 2 amide bonds. The number of carbonyl (C=O) groups excluding carboxylic acids is 2. The average molecular weight is 676 g/mol. The summed E-state index contributed by atoms with van der Waals surface area (Å²) in [5.74, 6) is 0.367. The molecule has 2 aromatic rings. The Bertz CT molecular complexity index is 1440. The highest BCUT2D eigenvalue weighted by Gasteiger charge is 2.46. The first-order valence-electron chi connectivity index (χ1n) is 16.4. The summed E-state index contributed by atoms with van der Waals surface area (Å²) in [7, 11) is -3.70. The van der Waals surface area contributed by atoms with E-state index in [4.69, 9.17) is 0 Å². The molecule has 1 saturated heterocycles. The molecule has 256 valence electrons. The second-order valence-corrected chi connectivity index (χ2v) is 18.3. The van der Waals surface area contributed by atoms with Gasteiger partial charge in [-0.05, 0) is 78.2 Å².